The van der Waals surface area contributed by atoms with Gasteiger partial charge >= 0.3 is 0 Å². The number of primary amides is 1. The molecule has 3 aromatic carbocycles. The summed E-state index contributed by atoms with van der Waals surface area (Å²) in [7, 11) is -4.20. The fraction of sp³-hybridized carbons (Fsp3) is 0.174. The molecule has 1 aliphatic heterocycles. The SMILES string of the molecule is NC(=O)CN(c1ccc(Cl)cc1Cc1ccccc1Cl)S(=O)(=O)c1ccc2c(c1)OCCO2. The molecule has 7 nitrogen and oxygen atoms in total. The van der Waals surface area contributed by atoms with Crippen LogP contribution < -0.4 is 19.5 Å². The molecule has 10 heteroatoms. The number of carbonyl (C=O) groups is 1. The summed E-state index contributed by atoms with van der Waals surface area (Å²) in [5, 5.41) is 0.941. The molecule has 1 aliphatic rings. The van der Waals surface area contributed by atoms with Crippen LogP contribution in [0.4, 0.5) is 5.69 Å². The van der Waals surface area contributed by atoms with Gasteiger partial charge in [-0.3, -0.25) is 9.10 Å². The highest BCUT2D eigenvalue weighted by molar-refractivity contribution is 7.92. The normalized spacial score (nSPS) is 12.9. The topological polar surface area (TPSA) is 98.9 Å². The van der Waals surface area contributed by atoms with Gasteiger partial charge < -0.3 is 15.2 Å². The van der Waals surface area contributed by atoms with Crippen molar-refractivity contribution in [1.82, 2.24) is 0 Å². The molecular formula is C23H20Cl2N2O5S. The molecule has 0 radical (unpaired) electrons. The Kier molecular flexibility index (Phi) is 6.69. The number of carbonyl (C=O) groups excluding carboxylic acids is 1. The minimum Gasteiger partial charge on any atom is -0.486 e. The molecule has 0 aliphatic carbocycles. The Labute approximate surface area is 201 Å². The molecular weight excluding hydrogens is 487 g/mol. The van der Waals surface area contributed by atoms with Gasteiger partial charge in [-0.15, -0.1) is 0 Å². The Bertz CT molecular complexity index is 1310. The molecule has 0 bridgehead atoms. The van der Waals surface area contributed by atoms with E-state index in [0.717, 1.165) is 9.87 Å². The summed E-state index contributed by atoms with van der Waals surface area (Å²) in [4.78, 5) is 11.8. The third-order valence-corrected chi connectivity index (χ3v) is 7.41. The van der Waals surface area contributed by atoms with Crippen LogP contribution in [0.25, 0.3) is 0 Å². The monoisotopic (exact) mass is 506 g/mol. The summed E-state index contributed by atoms with van der Waals surface area (Å²) in [5.74, 6) is -0.0453. The predicted octanol–water partition coefficient (Wildman–Crippen LogP) is 4.04. The van der Waals surface area contributed by atoms with Crippen LogP contribution in [-0.2, 0) is 21.2 Å². The van der Waals surface area contributed by atoms with E-state index in [1.807, 2.05) is 12.1 Å². The van der Waals surface area contributed by atoms with E-state index in [1.54, 1.807) is 30.3 Å². The third kappa shape index (κ3) is 5.03. The van der Waals surface area contributed by atoms with Crippen LogP contribution in [-0.4, -0.2) is 34.1 Å². The zero-order chi connectivity index (χ0) is 23.6. The van der Waals surface area contributed by atoms with Crippen LogP contribution in [0.3, 0.4) is 0 Å². The molecule has 0 fully saturated rings. The number of nitrogens with two attached hydrogens (primary N) is 1. The van der Waals surface area contributed by atoms with Gasteiger partial charge in [0.05, 0.1) is 10.6 Å². The first-order valence-electron chi connectivity index (χ1n) is 9.98. The summed E-state index contributed by atoms with van der Waals surface area (Å²) in [6.07, 6.45) is 0.293. The van der Waals surface area contributed by atoms with Crippen molar-refractivity contribution in [1.29, 1.82) is 0 Å². The smallest absolute Gasteiger partial charge is 0.264 e. The van der Waals surface area contributed by atoms with Crippen LogP contribution >= 0.6 is 23.2 Å². The molecule has 3 aromatic rings. The number of amides is 1. The van der Waals surface area contributed by atoms with Gasteiger partial charge in [-0.1, -0.05) is 41.4 Å². The van der Waals surface area contributed by atoms with Gasteiger partial charge in [-0.25, -0.2) is 8.42 Å². The van der Waals surface area contributed by atoms with E-state index >= 15 is 0 Å². The number of sulfonamides is 1. The molecule has 0 unspecified atom stereocenters. The van der Waals surface area contributed by atoms with Crippen molar-refractivity contribution in [2.24, 2.45) is 5.73 Å². The summed E-state index contributed by atoms with van der Waals surface area (Å²) in [5.41, 5.74) is 7.05. The fourth-order valence-electron chi connectivity index (χ4n) is 3.54. The second-order valence-corrected chi connectivity index (χ2v) is 10.0. The van der Waals surface area contributed by atoms with Crippen LogP contribution in [0.5, 0.6) is 11.5 Å². The number of rotatable bonds is 7. The molecule has 0 saturated carbocycles. The maximum Gasteiger partial charge on any atom is 0.264 e. The van der Waals surface area contributed by atoms with Gasteiger partial charge in [-0.2, -0.15) is 0 Å². The fourth-order valence-corrected chi connectivity index (χ4v) is 5.42. The van der Waals surface area contributed by atoms with Crippen LogP contribution in [0.15, 0.2) is 65.6 Å². The van der Waals surface area contributed by atoms with Crippen molar-refractivity contribution in [2.75, 3.05) is 24.1 Å². The molecule has 172 valence electrons. The van der Waals surface area contributed by atoms with E-state index in [-0.39, 0.29) is 10.6 Å². The number of fused-ring (bicyclic) bond motifs is 1. The standard InChI is InChI=1S/C23H20Cl2N2O5S/c24-17-5-7-20(16(12-17)11-15-3-1-2-4-19(15)25)27(14-23(26)28)33(29,30)18-6-8-21-22(13-18)32-10-9-31-21/h1-8,12-13H,9-11,14H2,(H2,26,28). The number of halogens is 2. The van der Waals surface area contributed by atoms with E-state index in [0.29, 0.717) is 46.7 Å². The molecule has 33 heavy (non-hydrogen) atoms. The quantitative estimate of drug-likeness (QED) is 0.521. The lowest BCUT2D eigenvalue weighted by Gasteiger charge is -2.27. The van der Waals surface area contributed by atoms with Crippen molar-refractivity contribution in [3.8, 4) is 11.5 Å². The Morgan fingerprint density at radius 2 is 1.67 bits per heavy atom. The maximum absolute atomic E-state index is 13.7. The lowest BCUT2D eigenvalue weighted by Crippen LogP contribution is -2.39. The lowest BCUT2D eigenvalue weighted by atomic mass is 10.0. The average Bonchev–Trinajstić information content (AvgIpc) is 2.79. The summed E-state index contributed by atoms with van der Waals surface area (Å²) in [6, 6.07) is 16.3. The van der Waals surface area contributed by atoms with Crippen molar-refractivity contribution >= 4 is 44.8 Å². The van der Waals surface area contributed by atoms with Gasteiger partial charge in [0.15, 0.2) is 11.5 Å². The Morgan fingerprint density at radius 3 is 2.39 bits per heavy atom. The van der Waals surface area contributed by atoms with Crippen LogP contribution in [0.2, 0.25) is 10.0 Å². The summed E-state index contributed by atoms with van der Waals surface area (Å²) < 4.78 is 39.3. The minimum atomic E-state index is -4.20. The first-order valence-corrected chi connectivity index (χ1v) is 12.2. The van der Waals surface area contributed by atoms with E-state index in [4.69, 9.17) is 38.4 Å². The first-order chi connectivity index (χ1) is 15.8. The second-order valence-electron chi connectivity index (χ2n) is 7.32. The van der Waals surface area contributed by atoms with Crippen LogP contribution in [0, 0.1) is 0 Å². The highest BCUT2D eigenvalue weighted by Crippen LogP contribution is 2.36. The molecule has 2 N–H and O–H groups in total. The third-order valence-electron chi connectivity index (χ3n) is 5.05. The zero-order valence-corrected chi connectivity index (χ0v) is 19.7. The van der Waals surface area contributed by atoms with Crippen molar-refractivity contribution in [3.63, 3.8) is 0 Å². The molecule has 0 atom stereocenters. The Morgan fingerprint density at radius 1 is 0.939 bits per heavy atom. The van der Waals surface area contributed by atoms with Crippen molar-refractivity contribution < 1.29 is 22.7 Å². The maximum atomic E-state index is 13.7. The van der Waals surface area contributed by atoms with Gasteiger partial charge in [-0.05, 0) is 47.5 Å². The lowest BCUT2D eigenvalue weighted by molar-refractivity contribution is -0.116. The van der Waals surface area contributed by atoms with Gasteiger partial charge in [0.1, 0.15) is 19.8 Å². The molecule has 0 saturated heterocycles. The minimum absolute atomic E-state index is 0.0633. The highest BCUT2D eigenvalue weighted by atomic mass is 35.5. The van der Waals surface area contributed by atoms with Crippen molar-refractivity contribution in [2.45, 2.75) is 11.3 Å². The number of nitrogens with zero attached hydrogens (tertiary/aromatic N) is 1. The van der Waals surface area contributed by atoms with E-state index in [1.165, 1.54) is 18.2 Å². The first kappa shape index (κ1) is 23.2. The Balaban J connectivity index is 1.81. The number of hydrogen-bond donors (Lipinski definition) is 1. The zero-order valence-electron chi connectivity index (χ0n) is 17.3. The van der Waals surface area contributed by atoms with Crippen LogP contribution in [0.1, 0.15) is 11.1 Å². The number of hydrogen-bond acceptors (Lipinski definition) is 5. The van der Waals surface area contributed by atoms with Gasteiger partial charge in [0.2, 0.25) is 5.91 Å². The summed E-state index contributed by atoms with van der Waals surface area (Å²) in [6.45, 7) is 0.123. The van der Waals surface area contributed by atoms with E-state index in [2.05, 4.69) is 0 Å². The summed E-state index contributed by atoms with van der Waals surface area (Å²) >= 11 is 12.5. The van der Waals surface area contributed by atoms with Gasteiger partial charge in [0.25, 0.3) is 10.0 Å². The Hall–Kier alpha value is -2.94. The second kappa shape index (κ2) is 9.51. The van der Waals surface area contributed by atoms with Gasteiger partial charge in [0, 0.05) is 22.5 Å². The largest absolute Gasteiger partial charge is 0.486 e. The predicted molar refractivity (Wildman–Crippen MR) is 127 cm³/mol. The number of benzene rings is 3. The molecule has 1 amide bonds. The van der Waals surface area contributed by atoms with E-state index < -0.39 is 22.5 Å². The molecule has 0 aromatic heterocycles. The van der Waals surface area contributed by atoms with Crippen molar-refractivity contribution in [3.05, 3.63) is 81.8 Å². The number of anilines is 1. The molecule has 4 rings (SSSR count). The number of ether oxygens (including phenoxy) is 2. The molecule has 0 spiro atoms. The van der Waals surface area contributed by atoms with E-state index in [9.17, 15) is 13.2 Å². The molecule has 1 heterocycles. The highest BCUT2D eigenvalue weighted by Gasteiger charge is 2.30. The average molecular weight is 507 g/mol.